The number of hydrogen-bond acceptors (Lipinski definition) is 3. The van der Waals surface area contributed by atoms with Crippen molar-refractivity contribution in [1.82, 2.24) is 14.8 Å². The van der Waals surface area contributed by atoms with Crippen LogP contribution in [0.4, 0.5) is 5.95 Å². The highest BCUT2D eigenvalue weighted by Crippen LogP contribution is 2.16. The second-order valence-corrected chi connectivity index (χ2v) is 5.09. The quantitative estimate of drug-likeness (QED) is 0.804. The first-order valence-corrected chi connectivity index (χ1v) is 7.09. The van der Waals surface area contributed by atoms with Gasteiger partial charge in [-0.3, -0.25) is 10.1 Å². The van der Waals surface area contributed by atoms with Gasteiger partial charge in [0.15, 0.2) is 0 Å². The molecule has 1 N–H and O–H groups in total. The molecule has 0 radical (unpaired) electrons. The molecule has 6 heteroatoms. The number of amides is 1. The van der Waals surface area contributed by atoms with E-state index in [1.54, 1.807) is 35.3 Å². The minimum Gasteiger partial charge on any atom is -0.289 e. The molecule has 0 unspecified atom stereocenters. The van der Waals surface area contributed by atoms with Crippen LogP contribution >= 0.6 is 11.6 Å². The normalized spacial score (nSPS) is 10.4. The summed E-state index contributed by atoms with van der Waals surface area (Å²) in [7, 11) is 0. The summed E-state index contributed by atoms with van der Waals surface area (Å²) >= 11 is 5.99. The summed E-state index contributed by atoms with van der Waals surface area (Å²) < 4.78 is 1.66. The molecule has 0 saturated heterocycles. The lowest BCUT2D eigenvalue weighted by Gasteiger charge is -2.03. The molecule has 2 aromatic carbocycles. The molecule has 0 spiro atoms. The van der Waals surface area contributed by atoms with E-state index in [1.165, 1.54) is 0 Å². The molecule has 0 atom stereocenters. The first-order chi connectivity index (χ1) is 10.7. The number of nitrogens with zero attached hydrogens (tertiary/aromatic N) is 3. The number of aromatic nitrogens is 3. The molecule has 0 saturated carbocycles. The molecule has 0 aliphatic heterocycles. The second-order valence-electron chi connectivity index (χ2n) is 4.69. The monoisotopic (exact) mass is 312 g/mol. The molecular weight excluding hydrogens is 300 g/mol. The van der Waals surface area contributed by atoms with Gasteiger partial charge >= 0.3 is 0 Å². The molecule has 0 aliphatic rings. The van der Waals surface area contributed by atoms with E-state index in [1.807, 2.05) is 30.3 Å². The molecule has 0 bridgehead atoms. The molecule has 1 amide bonds. The number of carbonyl (C=O) groups is 1. The van der Waals surface area contributed by atoms with E-state index in [0.717, 1.165) is 5.56 Å². The zero-order valence-corrected chi connectivity index (χ0v) is 12.4. The zero-order chi connectivity index (χ0) is 15.4. The number of carbonyl (C=O) groups excluding carboxylic acids is 1. The summed E-state index contributed by atoms with van der Waals surface area (Å²) in [6, 6.07) is 16.7. The van der Waals surface area contributed by atoms with Gasteiger partial charge < -0.3 is 0 Å². The first-order valence-electron chi connectivity index (χ1n) is 6.71. The molecule has 1 heterocycles. The van der Waals surface area contributed by atoms with Crippen LogP contribution < -0.4 is 5.32 Å². The van der Waals surface area contributed by atoms with E-state index in [-0.39, 0.29) is 11.9 Å². The Morgan fingerprint density at radius 1 is 1.09 bits per heavy atom. The van der Waals surface area contributed by atoms with Gasteiger partial charge in [-0.15, -0.1) is 5.10 Å². The van der Waals surface area contributed by atoms with Gasteiger partial charge in [-0.1, -0.05) is 54.1 Å². The number of nitrogens with one attached hydrogen (secondary N) is 1. The van der Waals surface area contributed by atoms with Crippen molar-refractivity contribution in [1.29, 1.82) is 0 Å². The van der Waals surface area contributed by atoms with Gasteiger partial charge in [0, 0.05) is 0 Å². The smallest absolute Gasteiger partial charge is 0.259 e. The van der Waals surface area contributed by atoms with Crippen LogP contribution in [0.5, 0.6) is 0 Å². The summed E-state index contributed by atoms with van der Waals surface area (Å²) in [6.07, 6.45) is 1.58. The third-order valence-electron chi connectivity index (χ3n) is 3.07. The van der Waals surface area contributed by atoms with Crippen LogP contribution in [0.2, 0.25) is 5.02 Å². The SMILES string of the molecule is O=C(Nc1ncn(Cc2ccccc2)n1)c1ccccc1Cl. The molecule has 0 fully saturated rings. The van der Waals surface area contributed by atoms with Gasteiger partial charge in [-0.25, -0.2) is 9.67 Å². The van der Waals surface area contributed by atoms with Crippen LogP contribution in [-0.2, 0) is 6.54 Å². The highest BCUT2D eigenvalue weighted by molar-refractivity contribution is 6.34. The fraction of sp³-hybridized carbons (Fsp3) is 0.0625. The second kappa shape index (κ2) is 6.41. The Kier molecular flexibility index (Phi) is 4.16. The maximum absolute atomic E-state index is 12.1. The van der Waals surface area contributed by atoms with Crippen molar-refractivity contribution in [2.24, 2.45) is 0 Å². The van der Waals surface area contributed by atoms with Crippen molar-refractivity contribution >= 4 is 23.5 Å². The molecule has 110 valence electrons. The average Bonchev–Trinajstić information content (AvgIpc) is 2.95. The predicted octanol–water partition coefficient (Wildman–Crippen LogP) is 3.23. The van der Waals surface area contributed by atoms with E-state index >= 15 is 0 Å². The molecule has 1 aromatic heterocycles. The van der Waals surface area contributed by atoms with Crippen molar-refractivity contribution < 1.29 is 4.79 Å². The Morgan fingerprint density at radius 3 is 2.59 bits per heavy atom. The van der Waals surface area contributed by atoms with Crippen molar-refractivity contribution in [2.75, 3.05) is 5.32 Å². The summed E-state index contributed by atoms with van der Waals surface area (Å²) in [5.41, 5.74) is 1.50. The number of rotatable bonds is 4. The van der Waals surface area contributed by atoms with Crippen LogP contribution in [0, 0.1) is 0 Å². The van der Waals surface area contributed by atoms with Gasteiger partial charge in [0.1, 0.15) is 6.33 Å². The molecule has 3 aromatic rings. The van der Waals surface area contributed by atoms with Crippen molar-refractivity contribution in [3.63, 3.8) is 0 Å². The summed E-state index contributed by atoms with van der Waals surface area (Å²) in [5.74, 6) is -0.0797. The van der Waals surface area contributed by atoms with E-state index < -0.39 is 0 Å². The van der Waals surface area contributed by atoms with Gasteiger partial charge in [-0.05, 0) is 17.7 Å². The number of benzene rings is 2. The Morgan fingerprint density at radius 2 is 1.82 bits per heavy atom. The minimum atomic E-state index is -0.330. The lowest BCUT2D eigenvalue weighted by Crippen LogP contribution is -2.14. The summed E-state index contributed by atoms with van der Waals surface area (Å²) in [4.78, 5) is 16.2. The molecule has 5 nitrogen and oxygen atoms in total. The van der Waals surface area contributed by atoms with E-state index in [9.17, 15) is 4.79 Å². The highest BCUT2D eigenvalue weighted by Gasteiger charge is 2.12. The van der Waals surface area contributed by atoms with Crippen LogP contribution in [0.25, 0.3) is 0 Å². The number of halogens is 1. The van der Waals surface area contributed by atoms with Gasteiger partial charge in [0.25, 0.3) is 5.91 Å². The van der Waals surface area contributed by atoms with Crippen molar-refractivity contribution in [2.45, 2.75) is 6.54 Å². The zero-order valence-electron chi connectivity index (χ0n) is 11.6. The Hall–Kier alpha value is -2.66. The fourth-order valence-corrected chi connectivity index (χ4v) is 2.23. The largest absolute Gasteiger partial charge is 0.289 e. The van der Waals surface area contributed by atoms with Gasteiger partial charge in [0.05, 0.1) is 17.1 Å². The Balaban J connectivity index is 1.69. The Labute approximate surface area is 132 Å². The average molecular weight is 313 g/mol. The van der Waals surface area contributed by atoms with Gasteiger partial charge in [-0.2, -0.15) is 0 Å². The van der Waals surface area contributed by atoms with Crippen LogP contribution in [0.15, 0.2) is 60.9 Å². The van der Waals surface area contributed by atoms with Crippen LogP contribution in [-0.4, -0.2) is 20.7 Å². The summed E-state index contributed by atoms with van der Waals surface area (Å²) in [5, 5.41) is 7.26. The first kappa shape index (κ1) is 14.3. The van der Waals surface area contributed by atoms with Gasteiger partial charge in [0.2, 0.25) is 5.95 Å². The lowest BCUT2D eigenvalue weighted by molar-refractivity contribution is 0.102. The maximum atomic E-state index is 12.1. The predicted molar refractivity (Wildman–Crippen MR) is 85.0 cm³/mol. The van der Waals surface area contributed by atoms with E-state index in [0.29, 0.717) is 17.1 Å². The highest BCUT2D eigenvalue weighted by atomic mass is 35.5. The maximum Gasteiger partial charge on any atom is 0.259 e. The van der Waals surface area contributed by atoms with Crippen LogP contribution in [0.3, 0.4) is 0 Å². The third-order valence-corrected chi connectivity index (χ3v) is 3.40. The summed E-state index contributed by atoms with van der Waals surface area (Å²) in [6.45, 7) is 0.593. The van der Waals surface area contributed by atoms with E-state index in [4.69, 9.17) is 11.6 Å². The Bertz CT molecular complexity index is 786. The standard InChI is InChI=1S/C16H13ClN4O/c17-14-9-5-4-8-13(14)15(22)19-16-18-11-21(20-16)10-12-6-2-1-3-7-12/h1-9,11H,10H2,(H,19,20,22). The lowest BCUT2D eigenvalue weighted by atomic mass is 10.2. The van der Waals surface area contributed by atoms with Crippen LogP contribution in [0.1, 0.15) is 15.9 Å². The number of hydrogen-bond donors (Lipinski definition) is 1. The number of anilines is 1. The minimum absolute atomic E-state index is 0.251. The fourth-order valence-electron chi connectivity index (χ4n) is 2.01. The molecule has 0 aliphatic carbocycles. The van der Waals surface area contributed by atoms with Crippen molar-refractivity contribution in [3.05, 3.63) is 77.1 Å². The topological polar surface area (TPSA) is 59.8 Å². The molecule has 22 heavy (non-hydrogen) atoms. The van der Waals surface area contributed by atoms with Crippen molar-refractivity contribution in [3.8, 4) is 0 Å². The van der Waals surface area contributed by atoms with E-state index in [2.05, 4.69) is 15.4 Å². The molecular formula is C16H13ClN4O. The molecule has 3 rings (SSSR count). The third kappa shape index (κ3) is 3.32.